The zero-order valence-electron chi connectivity index (χ0n) is 23.8. The van der Waals surface area contributed by atoms with Crippen LogP contribution in [0.2, 0.25) is 0 Å². The van der Waals surface area contributed by atoms with Gasteiger partial charge >= 0.3 is 0 Å². The van der Waals surface area contributed by atoms with E-state index in [-0.39, 0.29) is 10.8 Å². The highest BCUT2D eigenvalue weighted by molar-refractivity contribution is 7.89. The van der Waals surface area contributed by atoms with Crippen LogP contribution in [-0.2, 0) is 10.0 Å². The molecule has 5 rings (SSSR count). The van der Waals surface area contributed by atoms with Crippen molar-refractivity contribution < 1.29 is 13.2 Å². The minimum absolute atomic E-state index is 0.202. The maximum Gasteiger partial charge on any atom is 0.252 e. The van der Waals surface area contributed by atoms with Crippen LogP contribution in [0.5, 0.6) is 0 Å². The molecule has 3 aromatic rings. The molecule has 8 nitrogen and oxygen atoms in total. The number of amides is 1. The van der Waals surface area contributed by atoms with Crippen LogP contribution < -0.4 is 5.32 Å². The van der Waals surface area contributed by atoms with Crippen LogP contribution in [0.3, 0.4) is 0 Å². The summed E-state index contributed by atoms with van der Waals surface area (Å²) in [5.41, 5.74) is 2.43. The van der Waals surface area contributed by atoms with Gasteiger partial charge < -0.3 is 10.2 Å². The molecule has 0 bridgehead atoms. The number of nitrogens with one attached hydrogen (secondary N) is 1. The van der Waals surface area contributed by atoms with Gasteiger partial charge in [-0.3, -0.25) is 9.78 Å². The molecule has 214 valence electrons. The zero-order valence-corrected chi connectivity index (χ0v) is 24.7. The number of nitrogens with zero attached hydrogens (tertiary/aromatic N) is 4. The van der Waals surface area contributed by atoms with Crippen LogP contribution >= 0.6 is 0 Å². The lowest BCUT2D eigenvalue weighted by atomic mass is 9.92. The minimum atomic E-state index is -3.67. The molecule has 1 aromatic carbocycles. The summed E-state index contributed by atoms with van der Waals surface area (Å²) in [5, 5.41) is 3.63. The number of likely N-dealkylation sites (tertiary alicyclic amines) is 1. The highest BCUT2D eigenvalue weighted by atomic mass is 32.2. The van der Waals surface area contributed by atoms with E-state index in [1.54, 1.807) is 41.0 Å². The molecule has 0 saturated carbocycles. The number of pyridine rings is 2. The van der Waals surface area contributed by atoms with Crippen LogP contribution in [0.4, 0.5) is 0 Å². The molecule has 2 aromatic heterocycles. The molecule has 2 aliphatic rings. The highest BCUT2D eigenvalue weighted by Crippen LogP contribution is 2.29. The van der Waals surface area contributed by atoms with Gasteiger partial charge in [-0.1, -0.05) is 20.8 Å². The second kappa shape index (κ2) is 12.3. The van der Waals surface area contributed by atoms with Gasteiger partial charge in [0.2, 0.25) is 10.0 Å². The van der Waals surface area contributed by atoms with E-state index < -0.39 is 10.0 Å². The van der Waals surface area contributed by atoms with Crippen LogP contribution in [0.1, 0.15) is 56.8 Å². The number of sulfonamides is 1. The number of benzene rings is 1. The topological polar surface area (TPSA) is 95.5 Å². The molecular weight excluding hydrogens is 522 g/mol. The van der Waals surface area contributed by atoms with Crippen LogP contribution in [0, 0.1) is 17.8 Å². The predicted molar refractivity (Wildman–Crippen MR) is 158 cm³/mol. The molecule has 0 spiro atoms. The summed E-state index contributed by atoms with van der Waals surface area (Å²) < 4.78 is 28.6. The van der Waals surface area contributed by atoms with Crippen molar-refractivity contribution in [1.29, 1.82) is 0 Å². The quantitative estimate of drug-likeness (QED) is 0.395. The third-order valence-electron chi connectivity index (χ3n) is 8.24. The Morgan fingerprint density at radius 3 is 2.48 bits per heavy atom. The first-order valence-electron chi connectivity index (χ1n) is 14.6. The lowest BCUT2D eigenvalue weighted by Gasteiger charge is -2.34. The summed E-state index contributed by atoms with van der Waals surface area (Å²) in [5.74, 6) is 1.70. The number of rotatable bonds is 8. The number of piperidine rings is 2. The summed E-state index contributed by atoms with van der Waals surface area (Å²) in [6, 6.07) is 10.4. The molecule has 40 heavy (non-hydrogen) atoms. The third-order valence-corrected chi connectivity index (χ3v) is 10.1. The second-order valence-electron chi connectivity index (χ2n) is 11.9. The van der Waals surface area contributed by atoms with Gasteiger partial charge in [-0.2, -0.15) is 4.31 Å². The number of hydrogen-bond donors (Lipinski definition) is 1. The number of carbonyl (C=O) groups is 1. The van der Waals surface area contributed by atoms with Crippen LogP contribution in [-0.4, -0.2) is 72.8 Å². The standard InChI is InChI=1S/C31H41N5O3S/c1-22-9-14-36(15-10-22)40(38,39)26-7-8-29-27(17-26)28(18-30(34-29)25-6-4-11-32-19-25)31(37)33-12-5-13-35-20-23(2)16-24(3)21-35/h4,6-8,11,17-19,22-24H,5,9-10,12-16,20-21H2,1-3H3,(H,33,37)/t23-,24+. The fraction of sp³-hybridized carbons (Fsp3) is 0.516. The van der Waals surface area contributed by atoms with Crippen LogP contribution in [0.15, 0.2) is 53.7 Å². The van der Waals surface area contributed by atoms with E-state index in [0.29, 0.717) is 59.5 Å². The van der Waals surface area contributed by atoms with Crippen molar-refractivity contribution in [3.8, 4) is 11.3 Å². The molecule has 0 unspecified atom stereocenters. The number of carbonyl (C=O) groups excluding carboxylic acids is 1. The van der Waals surface area contributed by atoms with E-state index in [1.165, 1.54) is 6.42 Å². The van der Waals surface area contributed by atoms with E-state index in [9.17, 15) is 13.2 Å². The predicted octanol–water partition coefficient (Wildman–Crippen LogP) is 4.82. The number of hydrogen-bond acceptors (Lipinski definition) is 6. The Morgan fingerprint density at radius 1 is 1.02 bits per heavy atom. The summed E-state index contributed by atoms with van der Waals surface area (Å²) in [6.07, 6.45) is 7.25. The van der Waals surface area contributed by atoms with Crippen molar-refractivity contribution in [3.05, 3.63) is 54.4 Å². The van der Waals surface area contributed by atoms with E-state index in [2.05, 4.69) is 36.0 Å². The Kier molecular flexibility index (Phi) is 8.83. The maximum atomic E-state index is 13.6. The lowest BCUT2D eigenvalue weighted by molar-refractivity contribution is 0.0949. The van der Waals surface area contributed by atoms with Gasteiger partial charge in [-0.25, -0.2) is 13.4 Å². The van der Waals surface area contributed by atoms with Crippen molar-refractivity contribution in [2.75, 3.05) is 39.3 Å². The Bertz CT molecular complexity index is 1430. The SMILES string of the molecule is CC1CCN(S(=O)(=O)c2ccc3nc(-c4cccnc4)cc(C(=O)NCCCN4C[C@H](C)C[C@H](C)C4)c3c2)CC1. The van der Waals surface area contributed by atoms with Crippen molar-refractivity contribution in [2.45, 2.75) is 51.3 Å². The van der Waals surface area contributed by atoms with Gasteiger partial charge in [-0.05, 0) is 86.4 Å². The first kappa shape index (κ1) is 28.6. The Morgan fingerprint density at radius 2 is 1.77 bits per heavy atom. The average Bonchev–Trinajstić information content (AvgIpc) is 2.94. The van der Waals surface area contributed by atoms with Crippen molar-refractivity contribution in [3.63, 3.8) is 0 Å². The van der Waals surface area contributed by atoms with E-state index in [1.807, 2.05) is 12.1 Å². The van der Waals surface area contributed by atoms with Crippen molar-refractivity contribution >= 4 is 26.8 Å². The van der Waals surface area contributed by atoms with Gasteiger partial charge in [0, 0.05) is 56.1 Å². The van der Waals surface area contributed by atoms with Gasteiger partial charge in [0.25, 0.3) is 5.91 Å². The number of aromatic nitrogens is 2. The molecule has 0 aliphatic carbocycles. The molecule has 2 fully saturated rings. The van der Waals surface area contributed by atoms with Gasteiger partial charge in [0.05, 0.1) is 21.7 Å². The highest BCUT2D eigenvalue weighted by Gasteiger charge is 2.29. The monoisotopic (exact) mass is 563 g/mol. The summed E-state index contributed by atoms with van der Waals surface area (Å²) >= 11 is 0. The average molecular weight is 564 g/mol. The molecule has 2 aliphatic heterocycles. The minimum Gasteiger partial charge on any atom is -0.352 e. The second-order valence-corrected chi connectivity index (χ2v) is 13.8. The first-order chi connectivity index (χ1) is 19.2. The summed E-state index contributed by atoms with van der Waals surface area (Å²) in [7, 11) is -3.67. The molecule has 1 N–H and O–H groups in total. The fourth-order valence-electron chi connectivity index (χ4n) is 6.16. The normalized spacial score (nSPS) is 21.5. The third kappa shape index (κ3) is 6.53. The van der Waals surface area contributed by atoms with Gasteiger partial charge in [0.15, 0.2) is 0 Å². The molecule has 0 radical (unpaired) electrons. The largest absolute Gasteiger partial charge is 0.352 e. The molecule has 1 amide bonds. The van der Waals surface area contributed by atoms with Crippen LogP contribution in [0.25, 0.3) is 22.2 Å². The Labute approximate surface area is 238 Å². The fourth-order valence-corrected chi connectivity index (χ4v) is 7.66. The smallest absolute Gasteiger partial charge is 0.252 e. The molecular formula is C31H41N5O3S. The summed E-state index contributed by atoms with van der Waals surface area (Å²) in [4.78, 5) is 25.2. The zero-order chi connectivity index (χ0) is 28.3. The van der Waals surface area contributed by atoms with Crippen molar-refractivity contribution in [1.82, 2.24) is 24.5 Å². The van der Waals surface area contributed by atoms with Crippen molar-refractivity contribution in [2.24, 2.45) is 17.8 Å². The lowest BCUT2D eigenvalue weighted by Crippen LogP contribution is -2.40. The van der Waals surface area contributed by atoms with E-state index in [0.717, 1.165) is 44.5 Å². The van der Waals surface area contributed by atoms with E-state index >= 15 is 0 Å². The molecule has 4 heterocycles. The molecule has 9 heteroatoms. The Balaban J connectivity index is 1.40. The Hall–Kier alpha value is -2.88. The van der Waals surface area contributed by atoms with E-state index in [4.69, 9.17) is 4.98 Å². The summed E-state index contributed by atoms with van der Waals surface area (Å²) in [6.45, 7) is 11.5. The van der Waals surface area contributed by atoms with Gasteiger partial charge in [-0.15, -0.1) is 0 Å². The first-order valence-corrected chi connectivity index (χ1v) is 16.0. The molecule has 2 saturated heterocycles. The number of fused-ring (bicyclic) bond motifs is 1. The maximum absolute atomic E-state index is 13.6. The molecule has 2 atom stereocenters. The van der Waals surface area contributed by atoms with Gasteiger partial charge in [0.1, 0.15) is 0 Å².